The lowest BCUT2D eigenvalue weighted by Crippen LogP contribution is -2.45. The SMILES string of the molecule is O=C(O)C1CCN(C(=O)NCC#Cc2ccccc2)CC1. The molecule has 1 aromatic carbocycles. The second-order valence-corrected chi connectivity index (χ2v) is 4.93. The van der Waals surface area contributed by atoms with Gasteiger partial charge in [-0.25, -0.2) is 4.79 Å². The van der Waals surface area contributed by atoms with Crippen molar-refractivity contribution in [2.45, 2.75) is 12.8 Å². The molecule has 1 saturated heterocycles. The van der Waals surface area contributed by atoms with E-state index in [9.17, 15) is 9.59 Å². The van der Waals surface area contributed by atoms with Crippen LogP contribution in [0.2, 0.25) is 0 Å². The van der Waals surface area contributed by atoms with Gasteiger partial charge < -0.3 is 15.3 Å². The topological polar surface area (TPSA) is 69.6 Å². The molecule has 110 valence electrons. The summed E-state index contributed by atoms with van der Waals surface area (Å²) in [6, 6.07) is 9.39. The van der Waals surface area contributed by atoms with Gasteiger partial charge in [0.05, 0.1) is 12.5 Å². The number of nitrogens with zero attached hydrogens (tertiary/aromatic N) is 1. The molecule has 2 amide bonds. The average Bonchev–Trinajstić information content (AvgIpc) is 2.52. The maximum atomic E-state index is 11.9. The van der Waals surface area contributed by atoms with Gasteiger partial charge in [0.15, 0.2) is 0 Å². The maximum Gasteiger partial charge on any atom is 0.318 e. The summed E-state index contributed by atoms with van der Waals surface area (Å²) in [5, 5.41) is 11.6. The van der Waals surface area contributed by atoms with Gasteiger partial charge >= 0.3 is 12.0 Å². The molecule has 0 radical (unpaired) electrons. The summed E-state index contributed by atoms with van der Waals surface area (Å²) in [7, 11) is 0. The average molecular weight is 286 g/mol. The zero-order chi connectivity index (χ0) is 15.1. The lowest BCUT2D eigenvalue weighted by molar-refractivity contribution is -0.143. The largest absolute Gasteiger partial charge is 0.481 e. The van der Waals surface area contributed by atoms with Crippen LogP contribution in [-0.4, -0.2) is 41.6 Å². The predicted molar refractivity (Wildman–Crippen MR) is 78.7 cm³/mol. The van der Waals surface area contributed by atoms with E-state index in [1.54, 1.807) is 4.90 Å². The number of urea groups is 1. The van der Waals surface area contributed by atoms with E-state index in [1.807, 2.05) is 30.3 Å². The van der Waals surface area contributed by atoms with Crippen molar-refractivity contribution in [1.82, 2.24) is 10.2 Å². The van der Waals surface area contributed by atoms with Crippen molar-refractivity contribution in [1.29, 1.82) is 0 Å². The van der Waals surface area contributed by atoms with Crippen LogP contribution in [0.4, 0.5) is 4.79 Å². The van der Waals surface area contributed by atoms with E-state index in [0.29, 0.717) is 25.9 Å². The fraction of sp³-hybridized carbons (Fsp3) is 0.375. The third kappa shape index (κ3) is 4.53. The molecule has 1 heterocycles. The Morgan fingerprint density at radius 2 is 1.90 bits per heavy atom. The highest BCUT2D eigenvalue weighted by Crippen LogP contribution is 2.16. The molecule has 0 atom stereocenters. The van der Waals surface area contributed by atoms with Gasteiger partial charge in [-0.1, -0.05) is 30.0 Å². The van der Waals surface area contributed by atoms with Crippen LogP contribution in [0.25, 0.3) is 0 Å². The molecule has 21 heavy (non-hydrogen) atoms. The van der Waals surface area contributed by atoms with Crippen LogP contribution >= 0.6 is 0 Å². The number of aliphatic carboxylic acids is 1. The lowest BCUT2D eigenvalue weighted by atomic mass is 9.97. The normalized spacial score (nSPS) is 15.0. The number of benzene rings is 1. The van der Waals surface area contributed by atoms with Crippen LogP contribution in [0, 0.1) is 17.8 Å². The van der Waals surface area contributed by atoms with Gasteiger partial charge in [0.2, 0.25) is 0 Å². The summed E-state index contributed by atoms with van der Waals surface area (Å²) < 4.78 is 0. The molecule has 1 aromatic rings. The number of carboxylic acids is 1. The monoisotopic (exact) mass is 286 g/mol. The van der Waals surface area contributed by atoms with Crippen LogP contribution in [0.15, 0.2) is 30.3 Å². The highest BCUT2D eigenvalue weighted by molar-refractivity contribution is 5.75. The van der Waals surface area contributed by atoms with E-state index >= 15 is 0 Å². The quantitative estimate of drug-likeness (QED) is 0.810. The number of amides is 2. The van der Waals surface area contributed by atoms with Crippen molar-refractivity contribution in [2.75, 3.05) is 19.6 Å². The third-order valence-corrected chi connectivity index (χ3v) is 3.47. The van der Waals surface area contributed by atoms with Gasteiger partial charge in [-0.2, -0.15) is 0 Å². The molecule has 0 spiro atoms. The molecular weight excluding hydrogens is 268 g/mol. The standard InChI is InChI=1S/C16H18N2O3/c19-15(20)14-8-11-18(12-9-14)16(21)17-10-4-7-13-5-2-1-3-6-13/h1-3,5-6,14H,8-12H2,(H,17,21)(H,19,20). The first-order valence-corrected chi connectivity index (χ1v) is 6.96. The van der Waals surface area contributed by atoms with E-state index < -0.39 is 5.97 Å². The van der Waals surface area contributed by atoms with Gasteiger partial charge in [-0.3, -0.25) is 4.79 Å². The number of carbonyl (C=O) groups excluding carboxylic acids is 1. The maximum absolute atomic E-state index is 11.9. The first kappa shape index (κ1) is 14.9. The minimum Gasteiger partial charge on any atom is -0.481 e. The molecule has 1 fully saturated rings. The number of nitrogens with one attached hydrogen (secondary N) is 1. The molecule has 0 aliphatic carbocycles. The number of carbonyl (C=O) groups is 2. The summed E-state index contributed by atoms with van der Waals surface area (Å²) in [6.45, 7) is 1.25. The molecule has 1 aliphatic heterocycles. The predicted octanol–water partition coefficient (Wildman–Crippen LogP) is 1.54. The molecular formula is C16H18N2O3. The van der Waals surface area contributed by atoms with Gasteiger partial charge in [0.1, 0.15) is 0 Å². The molecule has 1 aliphatic rings. The van der Waals surface area contributed by atoms with Crippen molar-refractivity contribution in [3.63, 3.8) is 0 Å². The number of hydrogen-bond acceptors (Lipinski definition) is 2. The smallest absolute Gasteiger partial charge is 0.318 e. The van der Waals surface area contributed by atoms with Crippen LogP contribution in [0.5, 0.6) is 0 Å². The van der Waals surface area contributed by atoms with E-state index in [1.165, 1.54) is 0 Å². The molecule has 0 saturated carbocycles. The molecule has 2 N–H and O–H groups in total. The zero-order valence-electron chi connectivity index (χ0n) is 11.7. The second-order valence-electron chi connectivity index (χ2n) is 4.93. The Hall–Kier alpha value is -2.48. The Morgan fingerprint density at radius 3 is 2.52 bits per heavy atom. The molecule has 0 unspecified atom stereocenters. The summed E-state index contributed by atoms with van der Waals surface area (Å²) in [4.78, 5) is 24.4. The summed E-state index contributed by atoms with van der Waals surface area (Å²) in [6.07, 6.45) is 1.02. The Bertz CT molecular complexity index is 552. The van der Waals surface area contributed by atoms with Crippen LogP contribution in [0.1, 0.15) is 18.4 Å². The van der Waals surface area contributed by atoms with E-state index in [4.69, 9.17) is 5.11 Å². The number of piperidine rings is 1. The Kier molecular flexibility index (Phi) is 5.22. The summed E-state index contributed by atoms with van der Waals surface area (Å²) in [5.74, 6) is 4.76. The highest BCUT2D eigenvalue weighted by atomic mass is 16.4. The minimum absolute atomic E-state index is 0.179. The van der Waals surface area contributed by atoms with Crippen molar-refractivity contribution in [2.24, 2.45) is 5.92 Å². The molecule has 0 aromatic heterocycles. The first-order chi connectivity index (χ1) is 10.2. The Labute approximate surface area is 124 Å². The summed E-state index contributed by atoms with van der Waals surface area (Å²) >= 11 is 0. The molecule has 2 rings (SSSR count). The van der Waals surface area contributed by atoms with Gasteiger partial charge in [0.25, 0.3) is 0 Å². The highest BCUT2D eigenvalue weighted by Gasteiger charge is 2.26. The van der Waals surface area contributed by atoms with Gasteiger partial charge in [-0.05, 0) is 25.0 Å². The third-order valence-electron chi connectivity index (χ3n) is 3.47. The minimum atomic E-state index is -0.774. The van der Waals surface area contributed by atoms with Gasteiger partial charge in [-0.15, -0.1) is 0 Å². The van der Waals surface area contributed by atoms with E-state index in [0.717, 1.165) is 5.56 Å². The Morgan fingerprint density at radius 1 is 1.24 bits per heavy atom. The second kappa shape index (κ2) is 7.34. The lowest BCUT2D eigenvalue weighted by Gasteiger charge is -2.29. The van der Waals surface area contributed by atoms with Crippen LogP contribution < -0.4 is 5.32 Å². The number of carboxylic acid groups (broad SMARTS) is 1. The van der Waals surface area contributed by atoms with Crippen LogP contribution in [-0.2, 0) is 4.79 Å². The molecule has 5 heteroatoms. The van der Waals surface area contributed by atoms with Gasteiger partial charge in [0, 0.05) is 18.7 Å². The zero-order valence-corrected chi connectivity index (χ0v) is 11.7. The van der Waals surface area contributed by atoms with E-state index in [-0.39, 0.29) is 18.5 Å². The fourth-order valence-electron chi connectivity index (χ4n) is 2.23. The van der Waals surface area contributed by atoms with Crippen molar-refractivity contribution >= 4 is 12.0 Å². The van der Waals surface area contributed by atoms with Crippen molar-refractivity contribution in [3.8, 4) is 11.8 Å². The number of rotatable bonds is 2. The molecule has 5 nitrogen and oxygen atoms in total. The van der Waals surface area contributed by atoms with E-state index in [2.05, 4.69) is 17.2 Å². The van der Waals surface area contributed by atoms with Crippen molar-refractivity contribution in [3.05, 3.63) is 35.9 Å². The molecule has 0 bridgehead atoms. The fourth-order valence-corrected chi connectivity index (χ4v) is 2.23. The van der Waals surface area contributed by atoms with Crippen molar-refractivity contribution < 1.29 is 14.7 Å². The first-order valence-electron chi connectivity index (χ1n) is 6.96. The number of likely N-dealkylation sites (tertiary alicyclic amines) is 1. The summed E-state index contributed by atoms with van der Waals surface area (Å²) in [5.41, 5.74) is 0.911. The number of hydrogen-bond donors (Lipinski definition) is 2. The van der Waals surface area contributed by atoms with Crippen LogP contribution in [0.3, 0.4) is 0 Å². The Balaban J connectivity index is 1.74.